The predicted octanol–water partition coefficient (Wildman–Crippen LogP) is 1.29. The van der Waals surface area contributed by atoms with Crippen molar-refractivity contribution < 1.29 is 9.90 Å². The van der Waals surface area contributed by atoms with Gasteiger partial charge in [-0.15, -0.1) is 0 Å². The summed E-state index contributed by atoms with van der Waals surface area (Å²) in [7, 11) is 0. The van der Waals surface area contributed by atoms with E-state index in [0.29, 0.717) is 6.54 Å². The molecule has 0 aliphatic carbocycles. The molecular weight excluding hydrogens is 216 g/mol. The molecule has 102 valence electrons. The Hall–Kier alpha value is -0.610. The van der Waals surface area contributed by atoms with Crippen LogP contribution in [0.2, 0.25) is 0 Å². The SMILES string of the molecule is CCC(C)(C)NC(=O)CNCC(C)(C)CCO. The van der Waals surface area contributed by atoms with Crippen molar-refractivity contribution in [2.45, 2.75) is 53.0 Å². The Bertz CT molecular complexity index is 238. The van der Waals surface area contributed by atoms with E-state index >= 15 is 0 Å². The van der Waals surface area contributed by atoms with E-state index in [2.05, 4.69) is 31.4 Å². The highest BCUT2D eigenvalue weighted by Crippen LogP contribution is 2.17. The molecule has 0 bridgehead atoms. The fourth-order valence-electron chi connectivity index (χ4n) is 1.42. The van der Waals surface area contributed by atoms with Crippen LogP contribution in [0.4, 0.5) is 0 Å². The quantitative estimate of drug-likeness (QED) is 0.603. The molecule has 0 rings (SSSR count). The highest BCUT2D eigenvalue weighted by molar-refractivity contribution is 5.78. The van der Waals surface area contributed by atoms with Crippen LogP contribution in [0.3, 0.4) is 0 Å². The number of carbonyl (C=O) groups excluding carboxylic acids is 1. The van der Waals surface area contributed by atoms with Gasteiger partial charge in [-0.25, -0.2) is 0 Å². The van der Waals surface area contributed by atoms with E-state index in [1.165, 1.54) is 0 Å². The molecule has 0 aliphatic rings. The third-order valence-corrected chi connectivity index (χ3v) is 3.04. The second-order valence-electron chi connectivity index (χ2n) is 6.03. The summed E-state index contributed by atoms with van der Waals surface area (Å²) in [6.45, 7) is 11.5. The van der Waals surface area contributed by atoms with E-state index < -0.39 is 0 Å². The van der Waals surface area contributed by atoms with Gasteiger partial charge < -0.3 is 15.7 Å². The van der Waals surface area contributed by atoms with Crippen molar-refractivity contribution in [3.05, 3.63) is 0 Å². The van der Waals surface area contributed by atoms with Gasteiger partial charge in [0.15, 0.2) is 0 Å². The van der Waals surface area contributed by atoms with E-state index in [9.17, 15) is 4.79 Å². The van der Waals surface area contributed by atoms with Crippen molar-refractivity contribution in [3.8, 4) is 0 Å². The maximum atomic E-state index is 11.6. The third-order valence-electron chi connectivity index (χ3n) is 3.04. The molecule has 0 aromatic heterocycles. The Morgan fingerprint density at radius 3 is 2.29 bits per heavy atom. The van der Waals surface area contributed by atoms with Crippen molar-refractivity contribution in [3.63, 3.8) is 0 Å². The van der Waals surface area contributed by atoms with Crippen LogP contribution in [0, 0.1) is 5.41 Å². The molecule has 4 nitrogen and oxygen atoms in total. The van der Waals surface area contributed by atoms with Gasteiger partial charge in [0.05, 0.1) is 6.54 Å². The number of carbonyl (C=O) groups is 1. The number of rotatable bonds is 8. The van der Waals surface area contributed by atoms with Crippen molar-refractivity contribution >= 4 is 5.91 Å². The first-order valence-corrected chi connectivity index (χ1v) is 6.35. The van der Waals surface area contributed by atoms with Gasteiger partial charge in [0, 0.05) is 18.7 Å². The zero-order valence-electron chi connectivity index (χ0n) is 11.9. The average Bonchev–Trinajstić information content (AvgIpc) is 2.16. The van der Waals surface area contributed by atoms with Crippen LogP contribution >= 0.6 is 0 Å². The van der Waals surface area contributed by atoms with Crippen LogP contribution in [-0.2, 0) is 4.79 Å². The van der Waals surface area contributed by atoms with Crippen molar-refractivity contribution in [1.29, 1.82) is 0 Å². The second-order valence-corrected chi connectivity index (χ2v) is 6.03. The topological polar surface area (TPSA) is 61.4 Å². The standard InChI is InChI=1S/C13H28N2O2/c1-6-13(4,5)15-11(17)9-14-10-12(2,3)7-8-16/h14,16H,6-10H2,1-5H3,(H,15,17). The molecule has 0 spiro atoms. The van der Waals surface area contributed by atoms with Crippen LogP contribution in [0.5, 0.6) is 0 Å². The summed E-state index contributed by atoms with van der Waals surface area (Å²) >= 11 is 0. The van der Waals surface area contributed by atoms with Crippen LogP contribution in [0.1, 0.15) is 47.5 Å². The first-order valence-electron chi connectivity index (χ1n) is 6.35. The lowest BCUT2D eigenvalue weighted by atomic mass is 9.90. The molecule has 0 unspecified atom stereocenters. The molecule has 0 atom stereocenters. The van der Waals surface area contributed by atoms with Crippen LogP contribution in [0.15, 0.2) is 0 Å². The van der Waals surface area contributed by atoms with E-state index in [0.717, 1.165) is 19.4 Å². The minimum absolute atomic E-state index is 0.0231. The maximum Gasteiger partial charge on any atom is 0.234 e. The highest BCUT2D eigenvalue weighted by atomic mass is 16.3. The summed E-state index contributed by atoms with van der Waals surface area (Å²) in [6.07, 6.45) is 1.65. The molecule has 1 amide bonds. The van der Waals surface area contributed by atoms with Crippen LogP contribution in [-0.4, -0.2) is 36.2 Å². The van der Waals surface area contributed by atoms with Crippen molar-refractivity contribution in [1.82, 2.24) is 10.6 Å². The van der Waals surface area contributed by atoms with Crippen LogP contribution < -0.4 is 10.6 Å². The van der Waals surface area contributed by atoms with Gasteiger partial charge >= 0.3 is 0 Å². The van der Waals surface area contributed by atoms with Crippen molar-refractivity contribution in [2.24, 2.45) is 5.41 Å². The fourth-order valence-corrected chi connectivity index (χ4v) is 1.42. The summed E-state index contributed by atoms with van der Waals surface area (Å²) in [4.78, 5) is 11.6. The lowest BCUT2D eigenvalue weighted by Gasteiger charge is -2.26. The number of hydrogen-bond donors (Lipinski definition) is 3. The van der Waals surface area contributed by atoms with Crippen molar-refractivity contribution in [2.75, 3.05) is 19.7 Å². The Morgan fingerprint density at radius 2 is 1.82 bits per heavy atom. The Balaban J connectivity index is 3.86. The summed E-state index contributed by atoms with van der Waals surface area (Å²) < 4.78 is 0. The zero-order chi connectivity index (χ0) is 13.5. The average molecular weight is 244 g/mol. The fraction of sp³-hybridized carbons (Fsp3) is 0.923. The molecule has 4 heteroatoms. The number of amides is 1. The van der Waals surface area contributed by atoms with E-state index in [4.69, 9.17) is 5.11 Å². The number of hydrogen-bond acceptors (Lipinski definition) is 3. The Labute approximate surface area is 105 Å². The van der Waals surface area contributed by atoms with Gasteiger partial charge in [-0.05, 0) is 32.1 Å². The summed E-state index contributed by atoms with van der Waals surface area (Å²) in [5.41, 5.74) is -0.116. The molecular formula is C13H28N2O2. The minimum atomic E-state index is -0.140. The molecule has 17 heavy (non-hydrogen) atoms. The maximum absolute atomic E-state index is 11.6. The van der Waals surface area contributed by atoms with E-state index in [1.54, 1.807) is 0 Å². The molecule has 0 aliphatic heterocycles. The molecule has 0 saturated heterocycles. The third kappa shape index (κ3) is 8.16. The molecule has 0 aromatic rings. The first-order chi connectivity index (χ1) is 7.72. The van der Waals surface area contributed by atoms with Gasteiger partial charge in [-0.1, -0.05) is 20.8 Å². The smallest absolute Gasteiger partial charge is 0.234 e. The highest BCUT2D eigenvalue weighted by Gasteiger charge is 2.19. The normalized spacial score (nSPS) is 12.6. The van der Waals surface area contributed by atoms with E-state index in [-0.39, 0.29) is 23.5 Å². The van der Waals surface area contributed by atoms with E-state index in [1.807, 2.05) is 13.8 Å². The van der Waals surface area contributed by atoms with Gasteiger partial charge in [-0.3, -0.25) is 4.79 Å². The second kappa shape index (κ2) is 6.97. The molecule has 3 N–H and O–H groups in total. The Morgan fingerprint density at radius 1 is 1.24 bits per heavy atom. The molecule has 0 fully saturated rings. The summed E-state index contributed by atoms with van der Waals surface area (Å²) in [5.74, 6) is 0.0247. The molecule has 0 saturated carbocycles. The minimum Gasteiger partial charge on any atom is -0.396 e. The van der Waals surface area contributed by atoms with Gasteiger partial charge in [0.25, 0.3) is 0 Å². The zero-order valence-corrected chi connectivity index (χ0v) is 11.9. The largest absolute Gasteiger partial charge is 0.396 e. The lowest BCUT2D eigenvalue weighted by molar-refractivity contribution is -0.121. The summed E-state index contributed by atoms with van der Waals surface area (Å²) in [6, 6.07) is 0. The first kappa shape index (κ1) is 16.4. The predicted molar refractivity (Wildman–Crippen MR) is 70.9 cm³/mol. The Kier molecular flexibility index (Phi) is 6.72. The molecule has 0 radical (unpaired) electrons. The molecule has 0 aromatic carbocycles. The number of aliphatic hydroxyl groups excluding tert-OH is 1. The number of aliphatic hydroxyl groups is 1. The van der Waals surface area contributed by atoms with Gasteiger partial charge in [0.2, 0.25) is 5.91 Å². The monoisotopic (exact) mass is 244 g/mol. The lowest BCUT2D eigenvalue weighted by Crippen LogP contribution is -2.47. The van der Waals surface area contributed by atoms with Crippen LogP contribution in [0.25, 0.3) is 0 Å². The van der Waals surface area contributed by atoms with Gasteiger partial charge in [0.1, 0.15) is 0 Å². The van der Waals surface area contributed by atoms with Gasteiger partial charge in [-0.2, -0.15) is 0 Å². The molecule has 0 heterocycles. The number of nitrogens with one attached hydrogen (secondary N) is 2. The summed E-state index contributed by atoms with van der Waals surface area (Å²) in [5, 5.41) is 15.0.